The summed E-state index contributed by atoms with van der Waals surface area (Å²) in [6.45, 7) is 2.63. The van der Waals surface area contributed by atoms with E-state index in [0.29, 0.717) is 17.4 Å². The number of aryl methyl sites for hydroxylation is 1. The molecule has 0 saturated heterocycles. The van der Waals surface area contributed by atoms with Crippen molar-refractivity contribution in [1.29, 1.82) is 0 Å². The fourth-order valence-corrected chi connectivity index (χ4v) is 1.77. The van der Waals surface area contributed by atoms with Crippen molar-refractivity contribution in [2.45, 2.75) is 13.5 Å². The second kappa shape index (κ2) is 4.55. The Labute approximate surface area is 103 Å². The van der Waals surface area contributed by atoms with Crippen LogP contribution >= 0.6 is 11.6 Å². The highest BCUT2D eigenvalue weighted by Gasteiger charge is 2.09. The third kappa shape index (κ3) is 2.29. The van der Waals surface area contributed by atoms with E-state index in [4.69, 9.17) is 11.6 Å². The Bertz CT molecular complexity index is 548. The van der Waals surface area contributed by atoms with Crippen LogP contribution in [0.5, 0.6) is 0 Å². The molecule has 0 unspecified atom stereocenters. The van der Waals surface area contributed by atoms with Gasteiger partial charge >= 0.3 is 0 Å². The number of nitro groups is 1. The van der Waals surface area contributed by atoms with Crippen LogP contribution in [0.4, 0.5) is 5.69 Å². The average molecular weight is 252 g/mol. The summed E-state index contributed by atoms with van der Waals surface area (Å²) in [7, 11) is 0. The normalized spacial score (nSPS) is 10.5. The van der Waals surface area contributed by atoms with Gasteiger partial charge in [-0.2, -0.15) is 5.10 Å². The van der Waals surface area contributed by atoms with Gasteiger partial charge in [0.15, 0.2) is 0 Å². The van der Waals surface area contributed by atoms with Gasteiger partial charge in [-0.3, -0.25) is 14.8 Å². The third-order valence-electron chi connectivity index (χ3n) is 2.40. The lowest BCUT2D eigenvalue weighted by atomic mass is 10.1. The van der Waals surface area contributed by atoms with Crippen molar-refractivity contribution in [1.82, 2.24) is 9.78 Å². The quantitative estimate of drug-likeness (QED) is 0.622. The van der Waals surface area contributed by atoms with Gasteiger partial charge in [0.25, 0.3) is 5.69 Å². The highest BCUT2D eigenvalue weighted by molar-refractivity contribution is 6.29. The molecule has 1 heterocycles. The minimum Gasteiger partial charge on any atom is -0.258 e. The molecule has 88 valence electrons. The second-order valence-electron chi connectivity index (χ2n) is 3.47. The number of hydrogen-bond donors (Lipinski definition) is 0. The largest absolute Gasteiger partial charge is 0.269 e. The van der Waals surface area contributed by atoms with Crippen molar-refractivity contribution in [3.8, 4) is 11.3 Å². The van der Waals surface area contributed by atoms with E-state index in [1.165, 1.54) is 12.1 Å². The van der Waals surface area contributed by atoms with E-state index in [1.54, 1.807) is 22.9 Å². The maximum atomic E-state index is 10.5. The molecule has 1 aromatic heterocycles. The number of hydrogen-bond acceptors (Lipinski definition) is 3. The Hall–Kier alpha value is -1.88. The van der Waals surface area contributed by atoms with Gasteiger partial charge in [-0.25, -0.2) is 0 Å². The summed E-state index contributed by atoms with van der Waals surface area (Å²) in [6, 6.07) is 7.97. The van der Waals surface area contributed by atoms with Gasteiger partial charge in [0.2, 0.25) is 0 Å². The molecule has 5 nitrogen and oxygen atoms in total. The molecule has 0 amide bonds. The zero-order valence-corrected chi connectivity index (χ0v) is 9.89. The predicted molar refractivity (Wildman–Crippen MR) is 65.0 cm³/mol. The number of nitrogens with zero attached hydrogens (tertiary/aromatic N) is 3. The summed E-state index contributed by atoms with van der Waals surface area (Å²) >= 11 is 5.97. The lowest BCUT2D eigenvalue weighted by Gasteiger charge is -1.97. The van der Waals surface area contributed by atoms with E-state index >= 15 is 0 Å². The number of aromatic nitrogens is 2. The molecule has 0 fully saturated rings. The van der Waals surface area contributed by atoms with Gasteiger partial charge in [-0.15, -0.1) is 0 Å². The van der Waals surface area contributed by atoms with Crippen molar-refractivity contribution in [3.05, 3.63) is 45.6 Å². The fraction of sp³-hybridized carbons (Fsp3) is 0.182. The van der Waals surface area contributed by atoms with Crippen LogP contribution in [0.25, 0.3) is 11.3 Å². The monoisotopic (exact) mass is 251 g/mol. The lowest BCUT2D eigenvalue weighted by molar-refractivity contribution is -0.384. The molecule has 0 N–H and O–H groups in total. The van der Waals surface area contributed by atoms with Crippen molar-refractivity contribution < 1.29 is 4.92 Å². The van der Waals surface area contributed by atoms with Gasteiger partial charge in [0, 0.05) is 30.3 Å². The minimum atomic E-state index is -0.429. The summed E-state index contributed by atoms with van der Waals surface area (Å²) in [5.41, 5.74) is 1.59. The fourth-order valence-electron chi connectivity index (χ4n) is 1.51. The van der Waals surface area contributed by atoms with Crippen LogP contribution in [0.2, 0.25) is 5.15 Å². The molecule has 2 aromatic rings. The molecule has 0 radical (unpaired) electrons. The summed E-state index contributed by atoms with van der Waals surface area (Å²) in [6.07, 6.45) is 0. The zero-order chi connectivity index (χ0) is 12.4. The lowest BCUT2D eigenvalue weighted by Crippen LogP contribution is -1.96. The molecule has 1 aromatic carbocycles. The molecular weight excluding hydrogens is 242 g/mol. The van der Waals surface area contributed by atoms with Crippen molar-refractivity contribution >= 4 is 17.3 Å². The average Bonchev–Trinajstić information content (AvgIpc) is 2.70. The Morgan fingerprint density at radius 2 is 2.06 bits per heavy atom. The highest BCUT2D eigenvalue weighted by Crippen LogP contribution is 2.23. The topological polar surface area (TPSA) is 61.0 Å². The van der Waals surface area contributed by atoms with Gasteiger partial charge in [0.05, 0.1) is 10.6 Å². The summed E-state index contributed by atoms with van der Waals surface area (Å²) < 4.78 is 1.66. The van der Waals surface area contributed by atoms with Crippen LogP contribution in [0, 0.1) is 10.1 Å². The van der Waals surface area contributed by atoms with Crippen LogP contribution < -0.4 is 0 Å². The summed E-state index contributed by atoms with van der Waals surface area (Å²) in [5, 5.41) is 15.4. The molecule has 0 aliphatic carbocycles. The standard InChI is InChI=1S/C11H10ClN3O2/c1-2-14-11(12)7-10(13-14)8-3-5-9(6-4-8)15(16)17/h3-7H,2H2,1H3. The van der Waals surface area contributed by atoms with E-state index in [0.717, 1.165) is 5.56 Å². The summed E-state index contributed by atoms with van der Waals surface area (Å²) in [5.74, 6) is 0. The maximum Gasteiger partial charge on any atom is 0.269 e. The molecule has 0 aliphatic heterocycles. The molecule has 0 aliphatic rings. The van der Waals surface area contributed by atoms with Crippen molar-refractivity contribution in [2.24, 2.45) is 0 Å². The Kier molecular flexibility index (Phi) is 3.10. The molecule has 0 bridgehead atoms. The molecule has 2 rings (SSSR count). The van der Waals surface area contributed by atoms with Gasteiger partial charge in [-0.1, -0.05) is 11.6 Å². The van der Waals surface area contributed by atoms with E-state index in [2.05, 4.69) is 5.10 Å². The number of non-ortho nitro benzene ring substituents is 1. The smallest absolute Gasteiger partial charge is 0.258 e. The van der Waals surface area contributed by atoms with Crippen LogP contribution in [0.3, 0.4) is 0 Å². The maximum absolute atomic E-state index is 10.5. The Morgan fingerprint density at radius 3 is 2.53 bits per heavy atom. The third-order valence-corrected chi connectivity index (χ3v) is 2.71. The first-order valence-electron chi connectivity index (χ1n) is 5.10. The Balaban J connectivity index is 2.36. The number of nitro benzene ring substituents is 1. The van der Waals surface area contributed by atoms with Crippen LogP contribution in [0.1, 0.15) is 6.92 Å². The van der Waals surface area contributed by atoms with E-state index in [1.807, 2.05) is 6.92 Å². The predicted octanol–water partition coefficient (Wildman–Crippen LogP) is 3.13. The van der Waals surface area contributed by atoms with Gasteiger partial charge in [0.1, 0.15) is 5.15 Å². The number of rotatable bonds is 3. The SMILES string of the molecule is CCn1nc(-c2ccc([N+](=O)[O-])cc2)cc1Cl. The highest BCUT2D eigenvalue weighted by atomic mass is 35.5. The van der Waals surface area contributed by atoms with Crippen molar-refractivity contribution in [3.63, 3.8) is 0 Å². The minimum absolute atomic E-state index is 0.0646. The first-order valence-corrected chi connectivity index (χ1v) is 5.47. The first kappa shape index (κ1) is 11.6. The van der Waals surface area contributed by atoms with E-state index in [9.17, 15) is 10.1 Å². The molecule has 0 spiro atoms. The zero-order valence-electron chi connectivity index (χ0n) is 9.13. The second-order valence-corrected chi connectivity index (χ2v) is 3.86. The molecule has 17 heavy (non-hydrogen) atoms. The van der Waals surface area contributed by atoms with E-state index < -0.39 is 4.92 Å². The molecule has 0 atom stereocenters. The summed E-state index contributed by atoms with van der Waals surface area (Å²) in [4.78, 5) is 10.1. The molecule has 6 heteroatoms. The molecular formula is C11H10ClN3O2. The van der Waals surface area contributed by atoms with Crippen molar-refractivity contribution in [2.75, 3.05) is 0 Å². The van der Waals surface area contributed by atoms with Crippen LogP contribution in [-0.2, 0) is 6.54 Å². The van der Waals surface area contributed by atoms with Crippen LogP contribution in [-0.4, -0.2) is 14.7 Å². The first-order chi connectivity index (χ1) is 8.11. The van der Waals surface area contributed by atoms with Gasteiger partial charge in [-0.05, 0) is 19.1 Å². The number of halogens is 1. The Morgan fingerprint density at radius 1 is 1.41 bits per heavy atom. The van der Waals surface area contributed by atoms with Gasteiger partial charge < -0.3 is 0 Å². The molecule has 0 saturated carbocycles. The number of benzene rings is 1. The van der Waals surface area contributed by atoms with Crippen LogP contribution in [0.15, 0.2) is 30.3 Å². The van der Waals surface area contributed by atoms with E-state index in [-0.39, 0.29) is 5.69 Å².